The molecule has 2 atom stereocenters. The van der Waals surface area contributed by atoms with Crippen LogP contribution in [0.1, 0.15) is 26.2 Å². The van der Waals surface area contributed by atoms with Gasteiger partial charge in [0.2, 0.25) is 0 Å². The van der Waals surface area contributed by atoms with Crippen molar-refractivity contribution in [3.05, 3.63) is 0 Å². The highest BCUT2D eigenvalue weighted by molar-refractivity contribution is 7.84. The Morgan fingerprint density at radius 2 is 2.20 bits per heavy atom. The molecule has 1 saturated heterocycles. The first-order valence-electron chi connectivity index (χ1n) is 5.99. The molecule has 15 heavy (non-hydrogen) atoms. The number of rotatable bonds is 5. The van der Waals surface area contributed by atoms with Crippen molar-refractivity contribution in [3.8, 4) is 0 Å². The molecule has 0 radical (unpaired) electrons. The van der Waals surface area contributed by atoms with Gasteiger partial charge in [0, 0.05) is 34.9 Å². The molecule has 1 fully saturated rings. The van der Waals surface area contributed by atoms with Crippen molar-refractivity contribution in [2.24, 2.45) is 0 Å². The fourth-order valence-electron chi connectivity index (χ4n) is 1.97. The summed E-state index contributed by atoms with van der Waals surface area (Å²) in [5.74, 6) is 1.60. The van der Waals surface area contributed by atoms with E-state index in [-0.39, 0.29) is 0 Å². The van der Waals surface area contributed by atoms with Gasteiger partial charge in [-0.05, 0) is 39.4 Å². The van der Waals surface area contributed by atoms with Gasteiger partial charge in [-0.2, -0.15) is 0 Å². The summed E-state index contributed by atoms with van der Waals surface area (Å²) in [6, 6.07) is 0.642. The van der Waals surface area contributed by atoms with Gasteiger partial charge in [0.15, 0.2) is 0 Å². The van der Waals surface area contributed by atoms with Crippen molar-refractivity contribution < 1.29 is 4.21 Å². The van der Waals surface area contributed by atoms with E-state index in [4.69, 9.17) is 0 Å². The second kappa shape index (κ2) is 7.36. The Morgan fingerprint density at radius 3 is 2.93 bits per heavy atom. The van der Waals surface area contributed by atoms with Crippen molar-refractivity contribution in [3.63, 3.8) is 0 Å². The molecule has 0 amide bonds. The van der Waals surface area contributed by atoms with Gasteiger partial charge in [-0.3, -0.25) is 4.21 Å². The van der Waals surface area contributed by atoms with Gasteiger partial charge in [-0.1, -0.05) is 6.92 Å². The van der Waals surface area contributed by atoms with Gasteiger partial charge in [-0.15, -0.1) is 0 Å². The number of hydrogen-bond acceptors (Lipinski definition) is 3. The Hall–Kier alpha value is 0.0700. The molecule has 0 aromatic rings. The van der Waals surface area contributed by atoms with Crippen molar-refractivity contribution in [2.45, 2.75) is 32.2 Å². The lowest BCUT2D eigenvalue weighted by atomic mass is 10.1. The highest BCUT2D eigenvalue weighted by atomic mass is 32.2. The van der Waals surface area contributed by atoms with Crippen LogP contribution in [-0.2, 0) is 10.8 Å². The predicted octanol–water partition coefficient (Wildman–Crippen LogP) is 0.829. The maximum atomic E-state index is 11.2. The summed E-state index contributed by atoms with van der Waals surface area (Å²) in [5, 5.41) is 3.53. The summed E-state index contributed by atoms with van der Waals surface area (Å²) >= 11 is 0. The minimum atomic E-state index is -0.616. The maximum absolute atomic E-state index is 11.2. The molecule has 2 unspecified atom stereocenters. The van der Waals surface area contributed by atoms with Gasteiger partial charge in [0.1, 0.15) is 0 Å². The maximum Gasteiger partial charge on any atom is 0.0360 e. The van der Waals surface area contributed by atoms with Gasteiger partial charge in [0.25, 0.3) is 0 Å². The van der Waals surface area contributed by atoms with E-state index in [1.165, 1.54) is 32.4 Å². The number of nitrogens with one attached hydrogen (secondary N) is 1. The second-order valence-electron chi connectivity index (χ2n) is 4.32. The van der Waals surface area contributed by atoms with E-state index >= 15 is 0 Å². The molecule has 0 spiro atoms. The lowest BCUT2D eigenvalue weighted by Crippen LogP contribution is -2.33. The molecule has 1 rings (SSSR count). The molecular formula is C11H24N2OS. The zero-order chi connectivity index (χ0) is 11.1. The Kier molecular flexibility index (Phi) is 6.45. The third-order valence-corrected chi connectivity index (χ3v) is 4.34. The molecule has 1 aliphatic heterocycles. The van der Waals surface area contributed by atoms with E-state index < -0.39 is 10.8 Å². The van der Waals surface area contributed by atoms with Crippen LogP contribution in [0.2, 0.25) is 0 Å². The van der Waals surface area contributed by atoms with Gasteiger partial charge >= 0.3 is 0 Å². The molecule has 90 valence electrons. The fourth-order valence-corrected chi connectivity index (χ4v) is 2.60. The fraction of sp³-hybridized carbons (Fsp3) is 1.00. The monoisotopic (exact) mass is 232 g/mol. The number of likely N-dealkylation sites (tertiary alicyclic amines) is 1. The first kappa shape index (κ1) is 13.1. The minimum absolute atomic E-state index is 0.616. The Labute approximate surface area is 96.1 Å². The van der Waals surface area contributed by atoms with E-state index in [0.29, 0.717) is 6.04 Å². The average molecular weight is 232 g/mol. The summed E-state index contributed by atoms with van der Waals surface area (Å²) in [6.07, 6.45) is 3.78. The van der Waals surface area contributed by atoms with E-state index in [2.05, 4.69) is 17.3 Å². The van der Waals surface area contributed by atoms with Crippen LogP contribution < -0.4 is 5.32 Å². The topological polar surface area (TPSA) is 32.3 Å². The summed E-state index contributed by atoms with van der Waals surface area (Å²) in [5.41, 5.74) is 0. The van der Waals surface area contributed by atoms with E-state index in [1.807, 2.05) is 6.92 Å². The Morgan fingerprint density at radius 1 is 1.40 bits per heavy atom. The van der Waals surface area contributed by atoms with Gasteiger partial charge in [-0.25, -0.2) is 0 Å². The first-order valence-corrected chi connectivity index (χ1v) is 7.48. The third-order valence-electron chi connectivity index (χ3n) is 3.04. The molecule has 0 aromatic carbocycles. The van der Waals surface area contributed by atoms with Crippen molar-refractivity contribution in [1.82, 2.24) is 10.2 Å². The first-order chi connectivity index (χ1) is 7.22. The number of nitrogens with zero attached hydrogens (tertiary/aromatic N) is 1. The molecule has 4 heteroatoms. The molecule has 1 N–H and O–H groups in total. The number of hydrogen-bond donors (Lipinski definition) is 1. The van der Waals surface area contributed by atoms with Crippen LogP contribution in [0, 0.1) is 0 Å². The summed E-state index contributed by atoms with van der Waals surface area (Å²) < 4.78 is 11.2. The van der Waals surface area contributed by atoms with Crippen molar-refractivity contribution in [2.75, 3.05) is 38.2 Å². The molecule has 0 aliphatic carbocycles. The van der Waals surface area contributed by atoms with Crippen LogP contribution in [0.4, 0.5) is 0 Å². The molecule has 0 saturated carbocycles. The standard InChI is InChI=1S/C11H24N2OS/c1-3-15(14)10-7-12-11-5-4-8-13(2)9-6-11/h11-12H,3-10H2,1-2H3. The van der Waals surface area contributed by atoms with Crippen LogP contribution in [0.25, 0.3) is 0 Å². The predicted molar refractivity (Wildman–Crippen MR) is 66.7 cm³/mol. The van der Waals surface area contributed by atoms with E-state index in [0.717, 1.165) is 18.1 Å². The summed E-state index contributed by atoms with van der Waals surface area (Å²) in [4.78, 5) is 2.39. The largest absolute Gasteiger partial charge is 0.313 e. The normalized spacial score (nSPS) is 26.1. The van der Waals surface area contributed by atoms with Crippen LogP contribution in [0.3, 0.4) is 0 Å². The Bertz CT molecular complexity index is 199. The van der Waals surface area contributed by atoms with Crippen LogP contribution in [-0.4, -0.2) is 53.3 Å². The summed E-state index contributed by atoms with van der Waals surface area (Å²) in [7, 11) is 1.57. The van der Waals surface area contributed by atoms with Gasteiger partial charge in [0.05, 0.1) is 0 Å². The van der Waals surface area contributed by atoms with E-state index in [1.54, 1.807) is 0 Å². The van der Waals surface area contributed by atoms with Crippen LogP contribution in [0.5, 0.6) is 0 Å². The third kappa shape index (κ3) is 5.64. The quantitative estimate of drug-likeness (QED) is 0.762. The zero-order valence-electron chi connectivity index (χ0n) is 10.00. The van der Waals surface area contributed by atoms with E-state index in [9.17, 15) is 4.21 Å². The highest BCUT2D eigenvalue weighted by Crippen LogP contribution is 2.09. The molecule has 1 heterocycles. The highest BCUT2D eigenvalue weighted by Gasteiger charge is 2.13. The average Bonchev–Trinajstić information content (AvgIpc) is 2.43. The van der Waals surface area contributed by atoms with Crippen LogP contribution in [0.15, 0.2) is 0 Å². The second-order valence-corrected chi connectivity index (χ2v) is 6.18. The molecular weight excluding hydrogens is 208 g/mol. The molecule has 0 aromatic heterocycles. The lowest BCUT2D eigenvalue weighted by molar-refractivity contribution is 0.344. The summed E-state index contributed by atoms with van der Waals surface area (Å²) in [6.45, 7) is 5.30. The lowest BCUT2D eigenvalue weighted by Gasteiger charge is -2.16. The smallest absolute Gasteiger partial charge is 0.0360 e. The molecule has 1 aliphatic rings. The SMILES string of the molecule is CCS(=O)CCNC1CCCN(C)CC1. The van der Waals surface area contributed by atoms with Gasteiger partial charge < -0.3 is 10.2 Å². The van der Waals surface area contributed by atoms with Crippen LogP contribution >= 0.6 is 0 Å². The Balaban J connectivity index is 2.12. The minimum Gasteiger partial charge on any atom is -0.313 e. The zero-order valence-corrected chi connectivity index (χ0v) is 10.8. The molecule has 0 bridgehead atoms. The van der Waals surface area contributed by atoms with Crippen molar-refractivity contribution in [1.29, 1.82) is 0 Å². The van der Waals surface area contributed by atoms with Crippen molar-refractivity contribution >= 4 is 10.8 Å². The molecule has 3 nitrogen and oxygen atoms in total.